The van der Waals surface area contributed by atoms with Gasteiger partial charge >= 0.3 is 0 Å². The zero-order valence-corrected chi connectivity index (χ0v) is 13.6. The second-order valence-electron chi connectivity index (χ2n) is 6.33. The van der Waals surface area contributed by atoms with Crippen LogP contribution in [0, 0.1) is 0 Å². The molecule has 0 fully saturated rings. The molecule has 2 rings (SSSR count). The topological polar surface area (TPSA) is 39.1 Å². The summed E-state index contributed by atoms with van der Waals surface area (Å²) >= 11 is 0. The summed E-state index contributed by atoms with van der Waals surface area (Å²) in [6.07, 6.45) is 1.82. The van der Waals surface area contributed by atoms with Crippen LogP contribution < -0.4 is 10.1 Å². The number of rotatable bonds is 5. The average Bonchev–Trinajstić information content (AvgIpc) is 2.80. The van der Waals surface area contributed by atoms with Crippen molar-refractivity contribution in [3.05, 3.63) is 47.8 Å². The van der Waals surface area contributed by atoms with Gasteiger partial charge in [-0.15, -0.1) is 0 Å². The van der Waals surface area contributed by atoms with Crippen molar-refractivity contribution in [1.82, 2.24) is 15.1 Å². The Kier molecular flexibility index (Phi) is 4.68. The van der Waals surface area contributed by atoms with Crippen molar-refractivity contribution in [3.63, 3.8) is 0 Å². The van der Waals surface area contributed by atoms with Crippen LogP contribution in [0.3, 0.4) is 0 Å². The molecule has 114 valence electrons. The Morgan fingerprint density at radius 3 is 2.38 bits per heavy atom. The third-order valence-corrected chi connectivity index (χ3v) is 3.32. The Morgan fingerprint density at radius 1 is 1.19 bits per heavy atom. The zero-order valence-electron chi connectivity index (χ0n) is 13.6. The third-order valence-electron chi connectivity index (χ3n) is 3.32. The third kappa shape index (κ3) is 4.60. The minimum absolute atomic E-state index is 0.162. The first-order chi connectivity index (χ1) is 9.85. The highest BCUT2D eigenvalue weighted by molar-refractivity contribution is 5.29. The monoisotopic (exact) mass is 287 g/mol. The zero-order chi connectivity index (χ0) is 15.5. The first-order valence-corrected chi connectivity index (χ1v) is 7.34. The molecule has 21 heavy (non-hydrogen) atoms. The van der Waals surface area contributed by atoms with E-state index in [0.29, 0.717) is 0 Å². The van der Waals surface area contributed by atoms with E-state index in [4.69, 9.17) is 4.74 Å². The van der Waals surface area contributed by atoms with Gasteiger partial charge in [0.1, 0.15) is 11.4 Å². The fourth-order valence-electron chi connectivity index (χ4n) is 2.13. The van der Waals surface area contributed by atoms with Crippen LogP contribution in [-0.2, 0) is 13.6 Å². The van der Waals surface area contributed by atoms with Crippen molar-refractivity contribution in [2.24, 2.45) is 7.05 Å². The molecule has 0 saturated carbocycles. The highest BCUT2D eigenvalue weighted by Gasteiger charge is 2.12. The second kappa shape index (κ2) is 6.31. The lowest BCUT2D eigenvalue weighted by Crippen LogP contribution is -2.23. The molecule has 1 atom stereocenters. The Hall–Kier alpha value is -1.81. The van der Waals surface area contributed by atoms with Gasteiger partial charge in [0.25, 0.3) is 0 Å². The van der Waals surface area contributed by atoms with E-state index in [9.17, 15) is 0 Å². The maximum absolute atomic E-state index is 5.84. The number of hydrogen-bond acceptors (Lipinski definition) is 3. The van der Waals surface area contributed by atoms with Crippen LogP contribution in [-0.4, -0.2) is 15.4 Å². The van der Waals surface area contributed by atoms with E-state index in [0.717, 1.165) is 12.3 Å². The molecule has 2 aromatic rings. The van der Waals surface area contributed by atoms with Gasteiger partial charge in [-0.05, 0) is 51.5 Å². The van der Waals surface area contributed by atoms with Gasteiger partial charge < -0.3 is 10.1 Å². The van der Waals surface area contributed by atoms with Crippen molar-refractivity contribution in [2.75, 3.05) is 0 Å². The molecule has 1 heterocycles. The smallest absolute Gasteiger partial charge is 0.120 e. The summed E-state index contributed by atoms with van der Waals surface area (Å²) in [5.74, 6) is 0.907. The van der Waals surface area contributed by atoms with Crippen LogP contribution >= 0.6 is 0 Å². The molecule has 0 bridgehead atoms. The normalized spacial score (nSPS) is 13.2. The van der Waals surface area contributed by atoms with E-state index >= 15 is 0 Å². The van der Waals surface area contributed by atoms with E-state index in [1.165, 1.54) is 11.3 Å². The lowest BCUT2D eigenvalue weighted by molar-refractivity contribution is 0.131. The van der Waals surface area contributed by atoms with Crippen molar-refractivity contribution >= 4 is 0 Å². The summed E-state index contributed by atoms with van der Waals surface area (Å²) in [6.45, 7) is 9.13. The number of nitrogens with zero attached hydrogens (tertiary/aromatic N) is 2. The Morgan fingerprint density at radius 2 is 1.86 bits per heavy atom. The molecule has 1 aromatic heterocycles. The van der Waals surface area contributed by atoms with Crippen LogP contribution in [0.25, 0.3) is 0 Å². The molecule has 0 radical (unpaired) electrons. The molecule has 0 amide bonds. The van der Waals surface area contributed by atoms with E-state index < -0.39 is 0 Å². The first-order valence-electron chi connectivity index (χ1n) is 7.34. The number of benzene rings is 1. The number of hydrogen-bond donors (Lipinski definition) is 1. The van der Waals surface area contributed by atoms with Gasteiger partial charge in [0.15, 0.2) is 0 Å². The molecule has 0 saturated heterocycles. The van der Waals surface area contributed by atoms with Crippen molar-refractivity contribution in [2.45, 2.75) is 45.9 Å². The number of aryl methyl sites for hydroxylation is 1. The summed E-state index contributed by atoms with van der Waals surface area (Å²) in [7, 11) is 1.96. The van der Waals surface area contributed by atoms with Gasteiger partial charge in [-0.3, -0.25) is 4.68 Å². The molecule has 0 spiro atoms. The lowest BCUT2D eigenvalue weighted by atomic mass is 10.1. The predicted octanol–water partition coefficient (Wildman–Crippen LogP) is 3.45. The highest BCUT2D eigenvalue weighted by Crippen LogP contribution is 2.21. The maximum Gasteiger partial charge on any atom is 0.120 e. The summed E-state index contributed by atoms with van der Waals surface area (Å²) in [5.41, 5.74) is 2.26. The minimum Gasteiger partial charge on any atom is -0.488 e. The predicted molar refractivity (Wildman–Crippen MR) is 85.3 cm³/mol. The molecule has 0 aliphatic carbocycles. The van der Waals surface area contributed by atoms with Gasteiger partial charge in [0.05, 0.1) is 5.69 Å². The van der Waals surface area contributed by atoms with Gasteiger partial charge in [0, 0.05) is 25.8 Å². The van der Waals surface area contributed by atoms with Crippen LogP contribution in [0.5, 0.6) is 5.75 Å². The van der Waals surface area contributed by atoms with Gasteiger partial charge in [0.2, 0.25) is 0 Å². The van der Waals surface area contributed by atoms with E-state index in [1.807, 2.05) is 36.1 Å². The molecule has 4 nitrogen and oxygen atoms in total. The summed E-state index contributed by atoms with van der Waals surface area (Å²) in [5, 5.41) is 7.68. The molecule has 0 aliphatic rings. The quantitative estimate of drug-likeness (QED) is 0.915. The number of ether oxygens (including phenoxy) is 1. The maximum atomic E-state index is 5.84. The van der Waals surface area contributed by atoms with E-state index in [1.54, 1.807) is 0 Å². The number of nitrogens with one attached hydrogen (secondary N) is 1. The molecule has 1 aromatic carbocycles. The molecular weight excluding hydrogens is 262 g/mol. The fourth-order valence-corrected chi connectivity index (χ4v) is 2.13. The van der Waals surface area contributed by atoms with Crippen LogP contribution in [0.1, 0.15) is 45.0 Å². The molecule has 4 heteroatoms. The summed E-state index contributed by atoms with van der Waals surface area (Å²) in [4.78, 5) is 0. The number of aromatic nitrogens is 2. The Labute approximate surface area is 127 Å². The van der Waals surface area contributed by atoms with Crippen LogP contribution in [0.15, 0.2) is 36.5 Å². The van der Waals surface area contributed by atoms with E-state index in [-0.39, 0.29) is 11.6 Å². The van der Waals surface area contributed by atoms with Crippen molar-refractivity contribution in [3.8, 4) is 5.75 Å². The summed E-state index contributed by atoms with van der Waals surface area (Å²) in [6, 6.07) is 10.6. The van der Waals surface area contributed by atoms with Gasteiger partial charge in [-0.2, -0.15) is 5.10 Å². The molecule has 0 aliphatic heterocycles. The van der Waals surface area contributed by atoms with Crippen molar-refractivity contribution in [1.29, 1.82) is 0 Å². The Bertz CT molecular complexity index is 566. The lowest BCUT2D eigenvalue weighted by Gasteiger charge is -2.22. The second-order valence-corrected chi connectivity index (χ2v) is 6.33. The van der Waals surface area contributed by atoms with Gasteiger partial charge in [-0.25, -0.2) is 0 Å². The SMILES string of the molecule is C[C@@H](NCc1ccnn1C)c1ccc(OC(C)(C)C)cc1. The van der Waals surface area contributed by atoms with Gasteiger partial charge in [-0.1, -0.05) is 12.1 Å². The van der Waals surface area contributed by atoms with E-state index in [2.05, 4.69) is 50.2 Å². The average molecular weight is 287 g/mol. The van der Waals surface area contributed by atoms with Crippen LogP contribution in [0.2, 0.25) is 0 Å². The standard InChI is InChI=1S/C17H25N3O/c1-13(18-12-15-10-11-19-20(15)5)14-6-8-16(9-7-14)21-17(2,3)4/h6-11,13,18H,12H2,1-5H3/t13-/m1/s1. The molecule has 0 unspecified atom stereocenters. The highest BCUT2D eigenvalue weighted by atomic mass is 16.5. The van der Waals surface area contributed by atoms with Crippen LogP contribution in [0.4, 0.5) is 0 Å². The first kappa shape index (κ1) is 15.6. The molecule has 1 N–H and O–H groups in total. The molecular formula is C17H25N3O. The van der Waals surface area contributed by atoms with Crippen molar-refractivity contribution < 1.29 is 4.74 Å². The Balaban J connectivity index is 1.93. The fraction of sp³-hybridized carbons (Fsp3) is 0.471. The largest absolute Gasteiger partial charge is 0.488 e. The minimum atomic E-state index is -0.162. The summed E-state index contributed by atoms with van der Waals surface area (Å²) < 4.78 is 7.73.